The third-order valence-electron chi connectivity index (χ3n) is 1.43. The molecule has 78 valence electrons. The fraction of sp³-hybridized carbons (Fsp3) is 0. The topological polar surface area (TPSA) is 87.4 Å². The minimum atomic E-state index is -4.48. The van der Waals surface area contributed by atoms with Gasteiger partial charge < -0.3 is 4.18 Å². The first-order chi connectivity index (χ1) is 7.01. The molecule has 0 aliphatic rings. The molecule has 0 aliphatic heterocycles. The summed E-state index contributed by atoms with van der Waals surface area (Å²) >= 11 is 0. The van der Waals surface area contributed by atoms with Crippen molar-refractivity contribution in [2.24, 2.45) is 0 Å². The van der Waals surface area contributed by atoms with Crippen molar-refractivity contribution in [1.82, 2.24) is 0 Å². The van der Waals surface area contributed by atoms with Gasteiger partial charge in [0.1, 0.15) is 5.75 Å². The van der Waals surface area contributed by atoms with Gasteiger partial charge >= 0.3 is 10.4 Å². The van der Waals surface area contributed by atoms with Crippen molar-refractivity contribution in [3.63, 3.8) is 0 Å². The van der Waals surface area contributed by atoms with Crippen molar-refractivity contribution in [2.45, 2.75) is 0 Å². The Morgan fingerprint density at radius 3 is 2.40 bits per heavy atom. The molecule has 15 heavy (non-hydrogen) atoms. The van der Waals surface area contributed by atoms with Crippen molar-refractivity contribution < 1.29 is 17.2 Å². The number of nitriles is 1. The van der Waals surface area contributed by atoms with Crippen molar-refractivity contribution in [3.8, 4) is 11.8 Å². The van der Waals surface area contributed by atoms with Gasteiger partial charge in [-0.2, -0.15) is 13.7 Å². The molecule has 1 N–H and O–H groups in total. The van der Waals surface area contributed by atoms with Gasteiger partial charge in [0.05, 0.1) is 6.07 Å². The Labute approximate surface area is 87.2 Å². The van der Waals surface area contributed by atoms with Crippen LogP contribution in [-0.4, -0.2) is 13.0 Å². The van der Waals surface area contributed by atoms with Crippen LogP contribution in [0.1, 0.15) is 5.56 Å². The lowest BCUT2D eigenvalue weighted by atomic mass is 10.2. The maximum Gasteiger partial charge on any atom is 0.446 e. The van der Waals surface area contributed by atoms with Crippen LogP contribution in [0.5, 0.6) is 5.75 Å². The normalized spacial score (nSPS) is 11.2. The minimum Gasteiger partial charge on any atom is -0.362 e. The lowest BCUT2D eigenvalue weighted by molar-refractivity contribution is 0.387. The van der Waals surface area contributed by atoms with Crippen molar-refractivity contribution in [1.29, 1.82) is 5.26 Å². The highest BCUT2D eigenvalue weighted by molar-refractivity contribution is 7.81. The Balaban J connectivity index is 2.82. The summed E-state index contributed by atoms with van der Waals surface area (Å²) in [6, 6.07) is 7.65. The second-order valence-electron chi connectivity index (χ2n) is 2.54. The van der Waals surface area contributed by atoms with E-state index in [1.165, 1.54) is 18.2 Å². The molecule has 6 heteroatoms. The fourth-order valence-electron chi connectivity index (χ4n) is 0.890. The third kappa shape index (κ3) is 4.26. The Morgan fingerprint density at radius 1 is 1.33 bits per heavy atom. The van der Waals surface area contributed by atoms with E-state index in [4.69, 9.17) is 9.81 Å². The summed E-state index contributed by atoms with van der Waals surface area (Å²) in [5, 5.41) is 8.26. The van der Waals surface area contributed by atoms with Gasteiger partial charge in [-0.1, -0.05) is 12.1 Å². The van der Waals surface area contributed by atoms with Gasteiger partial charge in [-0.25, -0.2) is 0 Å². The minimum absolute atomic E-state index is 0.00612. The first-order valence-corrected chi connectivity index (χ1v) is 5.21. The quantitative estimate of drug-likeness (QED) is 0.620. The largest absolute Gasteiger partial charge is 0.446 e. The van der Waals surface area contributed by atoms with Gasteiger partial charge in [0, 0.05) is 6.08 Å². The van der Waals surface area contributed by atoms with Gasteiger partial charge in [-0.05, 0) is 23.8 Å². The van der Waals surface area contributed by atoms with Crippen LogP contribution in [0.2, 0.25) is 0 Å². The lowest BCUT2D eigenvalue weighted by Gasteiger charge is -2.00. The average Bonchev–Trinajstić information content (AvgIpc) is 2.14. The zero-order valence-electron chi connectivity index (χ0n) is 7.49. The maximum atomic E-state index is 10.3. The molecule has 1 rings (SSSR count). The predicted octanol–water partition coefficient (Wildman–Crippen LogP) is 1.40. The zero-order valence-corrected chi connectivity index (χ0v) is 8.31. The zero-order chi connectivity index (χ0) is 11.3. The molecule has 5 nitrogen and oxygen atoms in total. The van der Waals surface area contributed by atoms with E-state index in [9.17, 15) is 8.42 Å². The van der Waals surface area contributed by atoms with Crippen molar-refractivity contribution in [2.75, 3.05) is 0 Å². The summed E-state index contributed by atoms with van der Waals surface area (Å²) in [7, 11) is -4.48. The monoisotopic (exact) mass is 225 g/mol. The molecule has 0 aromatic heterocycles. The molecule has 0 spiro atoms. The number of nitrogens with zero attached hydrogens (tertiary/aromatic N) is 1. The van der Waals surface area contributed by atoms with Gasteiger partial charge in [-0.3, -0.25) is 4.55 Å². The number of benzene rings is 1. The second-order valence-corrected chi connectivity index (χ2v) is 3.56. The molecule has 1 aromatic carbocycles. The Hall–Kier alpha value is -1.84. The number of allylic oxidation sites excluding steroid dienone is 1. The molecule has 0 bridgehead atoms. The molecular formula is C9H7NO4S. The van der Waals surface area contributed by atoms with Gasteiger partial charge in [0.2, 0.25) is 0 Å². The van der Waals surface area contributed by atoms with Crippen LogP contribution in [0.3, 0.4) is 0 Å². The molecule has 0 fully saturated rings. The molecule has 0 heterocycles. The third-order valence-corrected chi connectivity index (χ3v) is 1.84. The van der Waals surface area contributed by atoms with E-state index in [1.54, 1.807) is 18.2 Å². The standard InChI is InChI=1S/C9H7NO4S/c10-7-1-2-8-3-5-9(6-4-8)14-15(11,12)13/h1-6H,(H,11,12,13). The van der Waals surface area contributed by atoms with E-state index < -0.39 is 10.4 Å². The van der Waals surface area contributed by atoms with Crippen LogP contribution in [0.4, 0.5) is 0 Å². The van der Waals surface area contributed by atoms with Crippen LogP contribution < -0.4 is 4.18 Å². The van der Waals surface area contributed by atoms with Gasteiger partial charge in [0.25, 0.3) is 0 Å². The first kappa shape index (κ1) is 11.2. The van der Waals surface area contributed by atoms with E-state index in [2.05, 4.69) is 4.18 Å². The summed E-state index contributed by atoms with van der Waals surface area (Å²) in [6.45, 7) is 0. The van der Waals surface area contributed by atoms with Gasteiger partial charge in [0.15, 0.2) is 0 Å². The molecule has 1 aromatic rings. The van der Waals surface area contributed by atoms with Crippen LogP contribution in [-0.2, 0) is 10.4 Å². The summed E-state index contributed by atoms with van der Waals surface area (Å²) in [5.74, 6) is 0.00612. The van der Waals surface area contributed by atoms with E-state index in [0.29, 0.717) is 0 Å². The first-order valence-electron chi connectivity index (χ1n) is 3.84. The Kier molecular flexibility index (Phi) is 3.44. The summed E-state index contributed by atoms with van der Waals surface area (Å²) < 4.78 is 33.2. The summed E-state index contributed by atoms with van der Waals surface area (Å²) in [6.07, 6.45) is 2.84. The van der Waals surface area contributed by atoms with Crippen molar-refractivity contribution in [3.05, 3.63) is 35.9 Å². The molecule has 0 saturated carbocycles. The molecular weight excluding hydrogens is 218 g/mol. The number of hydrogen-bond donors (Lipinski definition) is 1. The predicted molar refractivity (Wildman–Crippen MR) is 53.3 cm³/mol. The van der Waals surface area contributed by atoms with Crippen LogP contribution in [0.15, 0.2) is 30.3 Å². The number of rotatable bonds is 3. The van der Waals surface area contributed by atoms with E-state index in [0.717, 1.165) is 5.56 Å². The molecule has 0 amide bonds. The maximum absolute atomic E-state index is 10.3. The average molecular weight is 225 g/mol. The van der Waals surface area contributed by atoms with E-state index in [1.807, 2.05) is 6.07 Å². The Morgan fingerprint density at radius 2 is 1.93 bits per heavy atom. The lowest BCUT2D eigenvalue weighted by Crippen LogP contribution is -2.06. The van der Waals surface area contributed by atoms with Crippen LogP contribution in [0, 0.1) is 11.3 Å². The molecule has 0 atom stereocenters. The fourth-order valence-corrected chi connectivity index (χ4v) is 1.24. The highest BCUT2D eigenvalue weighted by Gasteiger charge is 2.05. The van der Waals surface area contributed by atoms with Crippen molar-refractivity contribution >= 4 is 16.5 Å². The summed E-state index contributed by atoms with van der Waals surface area (Å²) in [4.78, 5) is 0. The Bertz CT molecular complexity index is 496. The SMILES string of the molecule is N#CC=Cc1ccc(OS(=O)(=O)O)cc1. The van der Waals surface area contributed by atoms with Crippen LogP contribution >= 0.6 is 0 Å². The molecule has 0 unspecified atom stereocenters. The molecule has 0 radical (unpaired) electrons. The van der Waals surface area contributed by atoms with Crippen LogP contribution in [0.25, 0.3) is 6.08 Å². The smallest absolute Gasteiger partial charge is 0.362 e. The van der Waals surface area contributed by atoms with E-state index >= 15 is 0 Å². The second kappa shape index (κ2) is 4.59. The van der Waals surface area contributed by atoms with E-state index in [-0.39, 0.29) is 5.75 Å². The highest BCUT2D eigenvalue weighted by Crippen LogP contribution is 2.14. The highest BCUT2D eigenvalue weighted by atomic mass is 32.3. The van der Waals surface area contributed by atoms with Gasteiger partial charge in [-0.15, -0.1) is 0 Å². The molecule has 0 saturated heterocycles. The summed E-state index contributed by atoms with van der Waals surface area (Å²) in [5.41, 5.74) is 0.722. The molecule has 0 aliphatic carbocycles. The number of hydrogen-bond acceptors (Lipinski definition) is 4.